The topological polar surface area (TPSA) is 75.4 Å². The van der Waals surface area contributed by atoms with Gasteiger partial charge in [-0.2, -0.15) is 10.2 Å². The lowest BCUT2D eigenvalue weighted by molar-refractivity contribution is -0.134. The quantitative estimate of drug-likeness (QED) is 0.882. The first-order chi connectivity index (χ1) is 11.7. The number of carbonyl (C=O) groups is 1. The Morgan fingerprint density at radius 1 is 1.08 bits per heavy atom. The van der Waals surface area contributed by atoms with Crippen LogP contribution in [0.15, 0.2) is 48.7 Å². The van der Waals surface area contributed by atoms with Crippen molar-refractivity contribution in [3.63, 3.8) is 0 Å². The molecule has 1 aromatic heterocycles. The van der Waals surface area contributed by atoms with Crippen molar-refractivity contribution in [2.45, 2.75) is 12.5 Å². The molecule has 0 bridgehead atoms. The normalized spacial score (nSPS) is 16.8. The first kappa shape index (κ1) is 16.5. The van der Waals surface area contributed by atoms with Gasteiger partial charge < -0.3 is 10.6 Å². The summed E-state index contributed by atoms with van der Waals surface area (Å²) in [4.78, 5) is 16.8. The average Bonchev–Trinajstić information content (AvgIpc) is 2.67. The number of piperazine rings is 1. The molecule has 1 atom stereocenters. The SMILES string of the molecule is N[C@@H](C(=O)N1CCN(CCc2cccnn2)CC1)c1ccccc1. The minimum atomic E-state index is -0.572. The van der Waals surface area contributed by atoms with Crippen molar-refractivity contribution < 1.29 is 4.79 Å². The van der Waals surface area contributed by atoms with Gasteiger partial charge in [0.1, 0.15) is 6.04 Å². The van der Waals surface area contributed by atoms with Crippen LogP contribution in [0.1, 0.15) is 17.3 Å². The van der Waals surface area contributed by atoms with E-state index < -0.39 is 6.04 Å². The maximum absolute atomic E-state index is 12.5. The Labute approximate surface area is 142 Å². The van der Waals surface area contributed by atoms with Crippen LogP contribution in [0.3, 0.4) is 0 Å². The highest BCUT2D eigenvalue weighted by atomic mass is 16.2. The molecule has 6 nitrogen and oxygen atoms in total. The summed E-state index contributed by atoms with van der Waals surface area (Å²) < 4.78 is 0. The van der Waals surface area contributed by atoms with Gasteiger partial charge in [-0.15, -0.1) is 0 Å². The van der Waals surface area contributed by atoms with E-state index in [1.54, 1.807) is 6.20 Å². The number of carbonyl (C=O) groups excluding carboxylic acids is 1. The maximum Gasteiger partial charge on any atom is 0.244 e. The number of benzene rings is 1. The number of aromatic nitrogens is 2. The molecule has 2 heterocycles. The Bertz CT molecular complexity index is 641. The Morgan fingerprint density at radius 3 is 2.50 bits per heavy atom. The van der Waals surface area contributed by atoms with Crippen LogP contribution < -0.4 is 5.73 Å². The molecule has 1 aromatic carbocycles. The van der Waals surface area contributed by atoms with Gasteiger partial charge in [-0.3, -0.25) is 9.69 Å². The van der Waals surface area contributed by atoms with Crippen molar-refractivity contribution in [3.8, 4) is 0 Å². The molecule has 1 fully saturated rings. The summed E-state index contributed by atoms with van der Waals surface area (Å²) in [5.74, 6) is 0.00905. The molecular formula is C18H23N5O. The summed E-state index contributed by atoms with van der Waals surface area (Å²) in [6.45, 7) is 4.12. The predicted molar refractivity (Wildman–Crippen MR) is 92.1 cm³/mol. The summed E-state index contributed by atoms with van der Waals surface area (Å²) in [7, 11) is 0. The van der Waals surface area contributed by atoms with E-state index in [0.29, 0.717) is 0 Å². The highest BCUT2D eigenvalue weighted by Gasteiger charge is 2.25. The van der Waals surface area contributed by atoms with Crippen LogP contribution in [0.4, 0.5) is 0 Å². The number of amides is 1. The zero-order valence-corrected chi connectivity index (χ0v) is 13.7. The van der Waals surface area contributed by atoms with Crippen LogP contribution in [-0.4, -0.2) is 58.6 Å². The highest BCUT2D eigenvalue weighted by Crippen LogP contribution is 2.14. The third-order valence-electron chi connectivity index (χ3n) is 4.42. The minimum Gasteiger partial charge on any atom is -0.338 e. The molecule has 2 N–H and O–H groups in total. The summed E-state index contributed by atoms with van der Waals surface area (Å²) in [6, 6.07) is 12.9. The second kappa shape index (κ2) is 7.99. The Hall–Kier alpha value is -2.31. The molecule has 0 unspecified atom stereocenters. The van der Waals surface area contributed by atoms with Crippen molar-refractivity contribution in [2.24, 2.45) is 5.73 Å². The molecule has 1 aliphatic heterocycles. The summed E-state index contributed by atoms with van der Waals surface area (Å²) >= 11 is 0. The van der Waals surface area contributed by atoms with Crippen LogP contribution in [0.5, 0.6) is 0 Å². The van der Waals surface area contributed by atoms with Gasteiger partial charge in [-0.1, -0.05) is 30.3 Å². The van der Waals surface area contributed by atoms with Crippen LogP contribution in [0.2, 0.25) is 0 Å². The van der Waals surface area contributed by atoms with Crippen molar-refractivity contribution in [3.05, 3.63) is 59.9 Å². The highest BCUT2D eigenvalue weighted by molar-refractivity contribution is 5.83. The van der Waals surface area contributed by atoms with E-state index in [1.165, 1.54) is 0 Å². The van der Waals surface area contributed by atoms with Crippen molar-refractivity contribution in [1.82, 2.24) is 20.0 Å². The van der Waals surface area contributed by atoms with E-state index in [4.69, 9.17) is 5.73 Å². The third-order valence-corrected chi connectivity index (χ3v) is 4.42. The van der Waals surface area contributed by atoms with E-state index in [-0.39, 0.29) is 5.91 Å². The lowest BCUT2D eigenvalue weighted by atomic mass is 10.1. The van der Waals surface area contributed by atoms with Gasteiger partial charge in [0.05, 0.1) is 5.69 Å². The van der Waals surface area contributed by atoms with Crippen LogP contribution in [0, 0.1) is 0 Å². The van der Waals surface area contributed by atoms with Crippen LogP contribution in [-0.2, 0) is 11.2 Å². The van der Waals surface area contributed by atoms with Crippen LogP contribution >= 0.6 is 0 Å². The molecular weight excluding hydrogens is 302 g/mol. The number of hydrogen-bond donors (Lipinski definition) is 1. The molecule has 3 rings (SSSR count). The van der Waals surface area contributed by atoms with E-state index in [0.717, 1.165) is 50.4 Å². The maximum atomic E-state index is 12.5. The molecule has 0 saturated carbocycles. The minimum absolute atomic E-state index is 0.00905. The third kappa shape index (κ3) is 4.15. The largest absolute Gasteiger partial charge is 0.338 e. The fourth-order valence-corrected chi connectivity index (χ4v) is 2.93. The van der Waals surface area contributed by atoms with E-state index in [2.05, 4.69) is 15.1 Å². The van der Waals surface area contributed by atoms with E-state index in [9.17, 15) is 4.79 Å². The first-order valence-electron chi connectivity index (χ1n) is 8.32. The average molecular weight is 325 g/mol. The standard InChI is InChI=1S/C18H23N5O/c19-17(15-5-2-1-3-6-15)18(24)23-13-11-22(12-14-23)10-8-16-7-4-9-20-21-16/h1-7,9,17H,8,10-14,19H2/t17-/m1/s1. The number of nitrogens with zero attached hydrogens (tertiary/aromatic N) is 4. The first-order valence-corrected chi connectivity index (χ1v) is 8.32. The Kier molecular flexibility index (Phi) is 5.51. The fourth-order valence-electron chi connectivity index (χ4n) is 2.93. The molecule has 6 heteroatoms. The second-order valence-corrected chi connectivity index (χ2v) is 6.02. The van der Waals surface area contributed by atoms with Gasteiger partial charge in [-0.25, -0.2) is 0 Å². The predicted octanol–water partition coefficient (Wildman–Crippen LogP) is 0.863. The summed E-state index contributed by atoms with van der Waals surface area (Å²) in [6.07, 6.45) is 2.56. The molecule has 0 radical (unpaired) electrons. The number of rotatable bonds is 5. The van der Waals surface area contributed by atoms with E-state index >= 15 is 0 Å². The molecule has 0 spiro atoms. The molecule has 24 heavy (non-hydrogen) atoms. The van der Waals surface area contributed by atoms with Gasteiger partial charge in [-0.05, 0) is 17.7 Å². The summed E-state index contributed by atoms with van der Waals surface area (Å²) in [5.41, 5.74) is 7.99. The molecule has 126 valence electrons. The zero-order chi connectivity index (χ0) is 16.8. The number of hydrogen-bond acceptors (Lipinski definition) is 5. The molecule has 1 saturated heterocycles. The second-order valence-electron chi connectivity index (χ2n) is 6.02. The van der Waals surface area contributed by atoms with Crippen molar-refractivity contribution >= 4 is 5.91 Å². The van der Waals surface area contributed by atoms with Gasteiger partial charge in [0.2, 0.25) is 5.91 Å². The zero-order valence-electron chi connectivity index (χ0n) is 13.7. The van der Waals surface area contributed by atoms with Crippen molar-refractivity contribution in [1.29, 1.82) is 0 Å². The molecule has 0 aliphatic carbocycles. The van der Waals surface area contributed by atoms with E-state index in [1.807, 2.05) is 47.4 Å². The van der Waals surface area contributed by atoms with Crippen molar-refractivity contribution in [2.75, 3.05) is 32.7 Å². The smallest absolute Gasteiger partial charge is 0.244 e. The van der Waals surface area contributed by atoms with Gasteiger partial charge in [0.25, 0.3) is 0 Å². The lowest BCUT2D eigenvalue weighted by Crippen LogP contribution is -2.51. The monoisotopic (exact) mass is 325 g/mol. The Morgan fingerprint density at radius 2 is 1.83 bits per heavy atom. The molecule has 2 aromatic rings. The lowest BCUT2D eigenvalue weighted by Gasteiger charge is -2.35. The molecule has 1 amide bonds. The van der Waals surface area contributed by atoms with Crippen LogP contribution in [0.25, 0.3) is 0 Å². The summed E-state index contributed by atoms with van der Waals surface area (Å²) in [5, 5.41) is 8.00. The molecule has 1 aliphatic rings. The number of nitrogens with two attached hydrogens (primary N) is 1. The van der Waals surface area contributed by atoms with Gasteiger partial charge in [0.15, 0.2) is 0 Å². The van der Waals surface area contributed by atoms with Gasteiger partial charge >= 0.3 is 0 Å². The van der Waals surface area contributed by atoms with Gasteiger partial charge in [0, 0.05) is 45.3 Å². The fraction of sp³-hybridized carbons (Fsp3) is 0.389. The Balaban J connectivity index is 1.47.